The van der Waals surface area contributed by atoms with Crippen LogP contribution in [0, 0.1) is 11.3 Å². The summed E-state index contributed by atoms with van der Waals surface area (Å²) in [5, 5.41) is 10.5. The molecule has 8 nitrogen and oxygen atoms in total. The molecular weight excluding hydrogens is 483 g/mol. The van der Waals surface area contributed by atoms with Gasteiger partial charge in [-0.3, -0.25) is 0 Å². The second kappa shape index (κ2) is 10.2. The highest BCUT2D eigenvalue weighted by atomic mass is 32.2. The van der Waals surface area contributed by atoms with Crippen LogP contribution in [0.5, 0.6) is 5.75 Å². The highest BCUT2D eigenvalue weighted by Crippen LogP contribution is 2.40. The minimum atomic E-state index is -4.03. The van der Waals surface area contributed by atoms with Crippen LogP contribution in [-0.4, -0.2) is 42.3 Å². The Bertz CT molecular complexity index is 1350. The molecule has 1 N–H and O–H groups in total. The van der Waals surface area contributed by atoms with Gasteiger partial charge in [-0.15, -0.1) is 0 Å². The zero-order chi connectivity index (χ0) is 25.2. The lowest BCUT2D eigenvalue weighted by atomic mass is 9.95. The number of benzene rings is 1. The molecular formula is C23H24F3N5O3S. The molecule has 1 aliphatic rings. The van der Waals surface area contributed by atoms with Gasteiger partial charge in [-0.25, -0.2) is 27.5 Å². The van der Waals surface area contributed by atoms with Gasteiger partial charge in [-0.05, 0) is 31.9 Å². The molecule has 12 heteroatoms. The van der Waals surface area contributed by atoms with Crippen LogP contribution in [0.4, 0.5) is 13.2 Å². The number of aromatic nitrogens is 3. The van der Waals surface area contributed by atoms with Gasteiger partial charge in [0.05, 0.1) is 23.5 Å². The van der Waals surface area contributed by atoms with Crippen molar-refractivity contribution in [3.05, 3.63) is 36.2 Å². The molecule has 0 saturated heterocycles. The molecule has 0 amide bonds. The minimum absolute atomic E-state index is 0.0239. The monoisotopic (exact) mass is 507 g/mol. The van der Waals surface area contributed by atoms with Gasteiger partial charge in [0.2, 0.25) is 10.0 Å². The van der Waals surface area contributed by atoms with Crippen LogP contribution in [0.15, 0.2) is 35.5 Å². The van der Waals surface area contributed by atoms with Crippen molar-refractivity contribution in [2.45, 2.75) is 62.6 Å². The first-order valence-electron chi connectivity index (χ1n) is 11.2. The van der Waals surface area contributed by atoms with Gasteiger partial charge >= 0.3 is 6.61 Å². The number of halogens is 3. The van der Waals surface area contributed by atoms with E-state index in [1.54, 1.807) is 6.07 Å². The van der Waals surface area contributed by atoms with Crippen molar-refractivity contribution < 1.29 is 26.3 Å². The number of hydrogen-bond donors (Lipinski definition) is 1. The molecule has 3 aromatic rings. The van der Waals surface area contributed by atoms with Crippen LogP contribution in [-0.2, 0) is 10.0 Å². The van der Waals surface area contributed by atoms with Crippen molar-refractivity contribution in [1.29, 1.82) is 5.26 Å². The number of hydrogen-bond acceptors (Lipinski definition) is 6. The lowest BCUT2D eigenvalue weighted by Gasteiger charge is -2.26. The van der Waals surface area contributed by atoms with E-state index < -0.39 is 29.4 Å². The number of nitrogens with zero attached hydrogens (tertiary/aromatic N) is 4. The quantitative estimate of drug-likeness (QED) is 0.473. The predicted octanol–water partition coefficient (Wildman–Crippen LogP) is 4.71. The first-order valence-corrected chi connectivity index (χ1v) is 12.7. The number of alkyl halides is 3. The zero-order valence-corrected chi connectivity index (χ0v) is 19.7. The number of rotatable bonds is 8. The summed E-state index contributed by atoms with van der Waals surface area (Å²) < 4.78 is 72.1. The molecule has 4 rings (SSSR count). The van der Waals surface area contributed by atoms with Crippen LogP contribution in [0.3, 0.4) is 0 Å². The zero-order valence-electron chi connectivity index (χ0n) is 18.9. The van der Waals surface area contributed by atoms with Crippen molar-refractivity contribution in [3.63, 3.8) is 0 Å². The molecule has 0 unspecified atom stereocenters. The highest BCUT2D eigenvalue weighted by molar-refractivity contribution is 7.89. The van der Waals surface area contributed by atoms with Gasteiger partial charge in [-0.2, -0.15) is 14.0 Å². The van der Waals surface area contributed by atoms with E-state index >= 15 is 0 Å². The first kappa shape index (κ1) is 24.9. The topological polar surface area (TPSA) is 110 Å². The Morgan fingerprint density at radius 2 is 1.91 bits per heavy atom. The summed E-state index contributed by atoms with van der Waals surface area (Å²) in [6, 6.07) is 5.63. The molecule has 0 bridgehead atoms. The molecule has 2 aromatic heterocycles. The Balaban J connectivity index is 1.87. The lowest BCUT2D eigenvalue weighted by molar-refractivity contribution is -0.0497. The number of nitriles is 1. The Labute approximate surface area is 200 Å². The van der Waals surface area contributed by atoms with E-state index in [9.17, 15) is 26.9 Å². The Kier molecular flexibility index (Phi) is 7.28. The van der Waals surface area contributed by atoms with E-state index in [4.69, 9.17) is 0 Å². The molecule has 35 heavy (non-hydrogen) atoms. The van der Waals surface area contributed by atoms with E-state index in [0.717, 1.165) is 44.5 Å². The summed E-state index contributed by atoms with van der Waals surface area (Å²) in [6.07, 6.45) is 6.85. The third kappa shape index (κ3) is 5.11. The molecule has 2 heterocycles. The molecule has 1 fully saturated rings. The second-order valence-corrected chi connectivity index (χ2v) is 10.2. The third-order valence-corrected chi connectivity index (χ3v) is 7.53. The number of sulfonamides is 1. The maximum Gasteiger partial charge on any atom is 0.387 e. The van der Waals surface area contributed by atoms with Crippen molar-refractivity contribution in [2.75, 3.05) is 6.67 Å². The van der Waals surface area contributed by atoms with Crippen LogP contribution in [0.1, 0.15) is 50.6 Å². The number of ether oxygens (including phenoxy) is 1. The summed E-state index contributed by atoms with van der Waals surface area (Å²) in [6.45, 7) is -2.48. The van der Waals surface area contributed by atoms with Gasteiger partial charge in [-0.1, -0.05) is 19.3 Å². The molecule has 0 radical (unpaired) electrons. The average molecular weight is 508 g/mol. The summed E-state index contributed by atoms with van der Waals surface area (Å²) in [7, 11) is -4.03. The Morgan fingerprint density at radius 3 is 2.51 bits per heavy atom. The van der Waals surface area contributed by atoms with E-state index in [1.165, 1.54) is 19.1 Å². The number of fused-ring (bicyclic) bond motifs is 1. The van der Waals surface area contributed by atoms with Crippen LogP contribution in [0.2, 0.25) is 0 Å². The smallest absolute Gasteiger partial charge is 0.387 e. The van der Waals surface area contributed by atoms with Crippen molar-refractivity contribution in [1.82, 2.24) is 19.3 Å². The van der Waals surface area contributed by atoms with Crippen LogP contribution < -0.4 is 9.46 Å². The van der Waals surface area contributed by atoms with E-state index in [2.05, 4.69) is 25.5 Å². The van der Waals surface area contributed by atoms with Gasteiger partial charge in [0.1, 0.15) is 29.1 Å². The largest absolute Gasteiger partial charge is 0.435 e. The molecule has 1 saturated carbocycles. The molecule has 0 spiro atoms. The summed E-state index contributed by atoms with van der Waals surface area (Å²) >= 11 is 0. The maximum absolute atomic E-state index is 12.9. The van der Waals surface area contributed by atoms with Crippen LogP contribution >= 0.6 is 0 Å². The molecule has 1 aromatic carbocycles. The SMILES string of the molecule is C[C@@H](CF)NS(=O)(=O)c1cnc(-c2c(C#N)c3ccc(OC(F)F)cc3n2C2CCCCC2)nc1. The van der Waals surface area contributed by atoms with Crippen molar-refractivity contribution in [3.8, 4) is 23.3 Å². The predicted molar refractivity (Wildman–Crippen MR) is 122 cm³/mol. The Morgan fingerprint density at radius 1 is 1.23 bits per heavy atom. The normalized spacial score (nSPS) is 15.9. The van der Waals surface area contributed by atoms with Crippen molar-refractivity contribution in [2.24, 2.45) is 0 Å². The average Bonchev–Trinajstić information content (AvgIpc) is 3.17. The van der Waals surface area contributed by atoms with E-state index in [-0.39, 0.29) is 28.1 Å². The lowest BCUT2D eigenvalue weighted by Crippen LogP contribution is -2.34. The van der Waals surface area contributed by atoms with Crippen molar-refractivity contribution >= 4 is 20.9 Å². The Hall–Kier alpha value is -3.17. The number of nitrogens with one attached hydrogen (secondary N) is 1. The van der Waals surface area contributed by atoms with Crippen LogP contribution in [0.25, 0.3) is 22.4 Å². The second-order valence-electron chi connectivity index (χ2n) is 8.47. The van der Waals surface area contributed by atoms with Gasteiger partial charge in [0.15, 0.2) is 5.82 Å². The van der Waals surface area contributed by atoms with Gasteiger partial charge in [0.25, 0.3) is 0 Å². The fourth-order valence-corrected chi connectivity index (χ4v) is 5.57. The van der Waals surface area contributed by atoms with Gasteiger partial charge in [0, 0.05) is 23.5 Å². The minimum Gasteiger partial charge on any atom is -0.435 e. The van der Waals surface area contributed by atoms with E-state index in [1.807, 2.05) is 4.57 Å². The molecule has 186 valence electrons. The summed E-state index contributed by atoms with van der Waals surface area (Å²) in [5.41, 5.74) is 1.19. The molecule has 1 atom stereocenters. The first-order chi connectivity index (χ1) is 16.7. The maximum atomic E-state index is 12.9. The highest BCUT2D eigenvalue weighted by Gasteiger charge is 2.28. The fraction of sp³-hybridized carbons (Fsp3) is 0.435. The van der Waals surface area contributed by atoms with E-state index in [0.29, 0.717) is 16.6 Å². The third-order valence-electron chi connectivity index (χ3n) is 5.99. The summed E-state index contributed by atoms with van der Waals surface area (Å²) in [5.74, 6) is 0.0886. The fourth-order valence-electron chi connectivity index (χ4n) is 4.46. The molecule has 1 aliphatic carbocycles. The standard InChI is InChI=1S/C23H24F3N5O3S/c1-14(10-24)30-35(32,33)17-12-28-22(29-13-17)21-19(11-27)18-8-7-16(34-23(25)26)9-20(18)31(21)15-5-3-2-4-6-15/h7-9,12-15,23,30H,2-6,10H2,1H3/t14-/m0/s1. The van der Waals surface area contributed by atoms with Gasteiger partial charge < -0.3 is 9.30 Å². The summed E-state index contributed by atoms with van der Waals surface area (Å²) in [4.78, 5) is 8.22. The molecule has 0 aliphatic heterocycles.